The second-order valence-corrected chi connectivity index (χ2v) is 24.7. The van der Waals surface area contributed by atoms with Crippen molar-refractivity contribution in [3.63, 3.8) is 0 Å². The maximum absolute atomic E-state index is 14.7. The Kier molecular flexibility index (Phi) is 26.3. The van der Waals surface area contributed by atoms with E-state index in [0.717, 1.165) is 9.80 Å². The van der Waals surface area contributed by atoms with E-state index in [4.69, 9.17) is 56.8 Å². The number of carbonyl (C=O) groups is 4. The van der Waals surface area contributed by atoms with Crippen LogP contribution in [0.3, 0.4) is 0 Å². The maximum Gasteiger partial charge on any atom is 0.421 e. The number of ether oxygens (including phenoxy) is 12. The fraction of sp³-hybridized carbons (Fsp3) is 0.545. The van der Waals surface area contributed by atoms with Crippen molar-refractivity contribution in [3.05, 3.63) is 99.1 Å². The van der Waals surface area contributed by atoms with Crippen LogP contribution in [0, 0.1) is 10.8 Å². The zero-order valence-corrected chi connectivity index (χ0v) is 54.9. The first-order valence-electron chi connectivity index (χ1n) is 30.2. The molecule has 1 aliphatic carbocycles. The van der Waals surface area contributed by atoms with Gasteiger partial charge in [-0.2, -0.15) is 0 Å². The first-order chi connectivity index (χ1) is 41.8. The molecule has 0 aliphatic heterocycles. The van der Waals surface area contributed by atoms with Crippen LogP contribution in [0.2, 0.25) is 0 Å². The van der Waals surface area contributed by atoms with Crippen LogP contribution >= 0.6 is 0 Å². The predicted molar refractivity (Wildman–Crippen MR) is 338 cm³/mol. The molecule has 0 unspecified atom stereocenters. The second-order valence-electron chi connectivity index (χ2n) is 24.7. The van der Waals surface area contributed by atoms with Crippen LogP contribution in [-0.2, 0) is 63.6 Å². The summed E-state index contributed by atoms with van der Waals surface area (Å²) in [7, 11) is 0. The number of carbonyl (C=O) groups excluding carboxylic acids is 4. The predicted octanol–water partition coefficient (Wildman–Crippen LogP) is 12.1. The van der Waals surface area contributed by atoms with E-state index in [1.165, 1.54) is 0 Å². The summed E-state index contributed by atoms with van der Waals surface area (Å²) in [4.78, 5) is 58.1. The Morgan fingerprint density at radius 1 is 0.416 bits per heavy atom. The molecule has 0 spiro atoms. The molecular weight excluding hydrogens is 1150 g/mol. The van der Waals surface area contributed by atoms with Crippen LogP contribution in [0.5, 0.6) is 28.7 Å². The summed E-state index contributed by atoms with van der Waals surface area (Å²) in [5, 5.41) is 35.7. The fourth-order valence-corrected chi connectivity index (χ4v) is 9.30. The van der Waals surface area contributed by atoms with Crippen molar-refractivity contribution in [2.75, 3.05) is 89.1 Å². The zero-order chi connectivity index (χ0) is 65.9. The van der Waals surface area contributed by atoms with E-state index >= 15 is 0 Å². The van der Waals surface area contributed by atoms with Gasteiger partial charge in [-0.25, -0.2) is 29.0 Å². The van der Waals surface area contributed by atoms with Gasteiger partial charge in [-0.1, -0.05) is 18.2 Å². The number of alkyl carbamates (subject to hydrolysis) is 2. The normalized spacial score (nSPS) is 12.4. The number of guanidine groups is 2. The molecule has 0 aromatic heterocycles. The lowest BCUT2D eigenvalue weighted by molar-refractivity contribution is 0.0539. The number of aromatic hydroxyl groups is 1. The number of phenolic OH excluding ortho intramolecular Hbond substituents is 1. The van der Waals surface area contributed by atoms with Crippen LogP contribution in [-0.4, -0.2) is 143 Å². The highest BCUT2D eigenvalue weighted by atomic mass is 16.6. The third-order valence-corrected chi connectivity index (χ3v) is 12.5. The molecule has 4 aromatic rings. The van der Waals surface area contributed by atoms with Gasteiger partial charge in [0.25, 0.3) is 0 Å². The van der Waals surface area contributed by atoms with Crippen molar-refractivity contribution >= 4 is 47.7 Å². The summed E-state index contributed by atoms with van der Waals surface area (Å²) in [5.41, 5.74) is 0.0932. The summed E-state index contributed by atoms with van der Waals surface area (Å²) < 4.78 is 73.4. The number of nitrogens with zero attached hydrogens (tertiary/aromatic N) is 2. The molecule has 4 aromatic carbocycles. The van der Waals surface area contributed by atoms with Crippen molar-refractivity contribution in [2.24, 2.45) is 0 Å². The number of hydrogen-bond acceptors (Lipinski definition) is 19. The molecule has 0 fully saturated rings. The minimum absolute atomic E-state index is 0.0452. The third-order valence-electron chi connectivity index (χ3n) is 12.5. The highest BCUT2D eigenvalue weighted by Crippen LogP contribution is 2.43. The molecule has 0 atom stereocenters. The minimum Gasteiger partial charge on any atom is -0.508 e. The van der Waals surface area contributed by atoms with Gasteiger partial charge in [0.15, 0.2) is 0 Å². The van der Waals surface area contributed by atoms with Crippen LogP contribution < -0.4 is 39.4 Å². The first-order valence-corrected chi connectivity index (χ1v) is 30.2. The van der Waals surface area contributed by atoms with Gasteiger partial charge in [-0.3, -0.25) is 21.5 Å². The number of hydrogen-bond donors (Lipinski definition) is 5. The summed E-state index contributed by atoms with van der Waals surface area (Å²) in [6.45, 7) is 30.3. The Bertz CT molecular complexity index is 2900. The molecule has 23 heteroatoms. The topological polar surface area (TPSA) is 278 Å². The molecule has 4 amide bonds. The number of nitrogens with one attached hydrogen (secondary N) is 4. The average Bonchev–Trinajstić information content (AvgIpc) is 1.49. The van der Waals surface area contributed by atoms with Crippen molar-refractivity contribution in [1.82, 2.24) is 10.6 Å². The van der Waals surface area contributed by atoms with E-state index in [1.807, 2.05) is 45.9 Å². The molecular formula is C66H94N6O17. The van der Waals surface area contributed by atoms with E-state index in [0.29, 0.717) is 93.9 Å². The van der Waals surface area contributed by atoms with Gasteiger partial charge >= 0.3 is 24.4 Å². The Morgan fingerprint density at radius 2 is 0.674 bits per heavy atom. The SMILES string of the molecule is CCOCCOc1c2cccc1Cc1cc(N(C(=N)NC(=O)OC(C)(C)C)C(=O)OC(C)(C)C)cc(c1OCCOCC)Cc1cc(O)cc(c1OCCOCC)Cc1cc(N(C(=N)NC(=O)OC(C)(C)C)C(=O)OC(C)(C)C)cc(c1OCCOCC)C2. The number of fused-ring (bicyclic) bond motifs is 8. The number of amides is 4. The summed E-state index contributed by atoms with van der Waals surface area (Å²) in [6, 6.07) is 15.4. The molecule has 0 heterocycles. The highest BCUT2D eigenvalue weighted by Gasteiger charge is 2.34. The standard InChI is InChI=1S/C66H94N6O17/c1-17-78-24-28-82-53-42-22-21-23-43(53)33-45-37-51(72(62(77)89-66(14,15)16)58(68)70-60(75)87-64(8,9)10)39-47(55(45)84-30-26-80-19-3)35-49-41-52(73)40-48(56(49)85-31-27-81-20-4)34-46-38-50(36-44(32-42)54(46)83-29-25-79-18-2)71(61(76)88-65(11,12)13)57(67)69-59(74)86-63(5,6)7/h21-23,36-41,73H,17-20,24-35H2,1-16H3,(H2,67,69,74)(H2,68,70,75). The number of phenols is 1. The van der Waals surface area contributed by atoms with E-state index < -0.39 is 58.7 Å². The Morgan fingerprint density at radius 3 is 0.944 bits per heavy atom. The lowest BCUT2D eigenvalue weighted by Crippen LogP contribution is -2.49. The molecule has 490 valence electrons. The molecule has 89 heavy (non-hydrogen) atoms. The van der Waals surface area contributed by atoms with Crippen LogP contribution in [0.15, 0.2) is 54.6 Å². The van der Waals surface area contributed by atoms with Crippen molar-refractivity contribution < 1.29 is 81.1 Å². The van der Waals surface area contributed by atoms with E-state index in [1.54, 1.807) is 119 Å². The van der Waals surface area contributed by atoms with Crippen molar-refractivity contribution in [3.8, 4) is 28.7 Å². The quantitative estimate of drug-likeness (QED) is 0.0186. The number of rotatable bonds is 22. The van der Waals surface area contributed by atoms with Gasteiger partial charge < -0.3 is 61.9 Å². The molecule has 5 rings (SSSR count). The van der Waals surface area contributed by atoms with Gasteiger partial charge in [0.05, 0.1) is 37.8 Å². The van der Waals surface area contributed by atoms with E-state index in [9.17, 15) is 35.1 Å². The minimum atomic E-state index is -1.07. The largest absolute Gasteiger partial charge is 0.508 e. The summed E-state index contributed by atoms with van der Waals surface area (Å²) in [5.74, 6) is -0.0329. The van der Waals surface area contributed by atoms with Crippen LogP contribution in [0.4, 0.5) is 30.6 Å². The summed E-state index contributed by atoms with van der Waals surface area (Å²) in [6.07, 6.45) is -4.01. The Balaban J connectivity index is 2.00. The molecule has 0 radical (unpaired) electrons. The molecule has 0 saturated heterocycles. The smallest absolute Gasteiger partial charge is 0.421 e. The number of anilines is 2. The molecule has 0 saturated carbocycles. The summed E-state index contributed by atoms with van der Waals surface area (Å²) >= 11 is 0. The fourth-order valence-electron chi connectivity index (χ4n) is 9.30. The lowest BCUT2D eigenvalue weighted by Gasteiger charge is -2.30. The second kappa shape index (κ2) is 32.6. The maximum atomic E-state index is 14.7. The molecule has 8 bridgehead atoms. The van der Waals surface area contributed by atoms with E-state index in [-0.39, 0.29) is 95.7 Å². The Hall–Kier alpha value is -7.86. The highest BCUT2D eigenvalue weighted by molar-refractivity contribution is 6.17. The lowest BCUT2D eigenvalue weighted by atomic mass is 9.90. The molecule has 23 nitrogen and oxygen atoms in total. The monoisotopic (exact) mass is 1240 g/mol. The van der Waals surface area contributed by atoms with Gasteiger partial charge in [0.2, 0.25) is 11.9 Å². The van der Waals surface area contributed by atoms with Crippen molar-refractivity contribution in [1.29, 1.82) is 10.8 Å². The van der Waals surface area contributed by atoms with Gasteiger partial charge in [0, 0.05) is 85.5 Å². The first kappa shape index (κ1) is 71.9. The number of para-hydroxylation sites is 1. The number of benzene rings is 4. The van der Waals surface area contributed by atoms with Crippen molar-refractivity contribution in [2.45, 2.75) is 159 Å². The Labute approximate surface area is 524 Å². The molecule has 1 aliphatic rings. The van der Waals surface area contributed by atoms with Crippen LogP contribution in [0.1, 0.15) is 155 Å². The van der Waals surface area contributed by atoms with E-state index in [2.05, 4.69) is 10.6 Å². The van der Waals surface area contributed by atoms with Gasteiger partial charge in [-0.15, -0.1) is 0 Å². The zero-order valence-electron chi connectivity index (χ0n) is 54.9. The molecule has 5 N–H and O–H groups in total. The average molecular weight is 1240 g/mol. The van der Waals surface area contributed by atoms with Crippen LogP contribution in [0.25, 0.3) is 0 Å². The van der Waals surface area contributed by atoms with Gasteiger partial charge in [-0.05, 0) is 158 Å². The van der Waals surface area contributed by atoms with Gasteiger partial charge in [0.1, 0.15) is 77.6 Å². The third kappa shape index (κ3) is 22.9.